The maximum atomic E-state index is 12.2. The summed E-state index contributed by atoms with van der Waals surface area (Å²) in [5.41, 5.74) is 5.50. The summed E-state index contributed by atoms with van der Waals surface area (Å²) in [4.78, 5) is 0. The summed E-state index contributed by atoms with van der Waals surface area (Å²) >= 11 is 0.992. The molecule has 1 aliphatic rings. The molecule has 1 aliphatic heterocycles. The van der Waals surface area contributed by atoms with Crippen molar-refractivity contribution in [1.29, 1.82) is 0 Å². The molecule has 0 spiro atoms. The van der Waals surface area contributed by atoms with E-state index >= 15 is 0 Å². The second-order valence-corrected chi connectivity index (χ2v) is 4.85. The molecule has 0 aromatic rings. The van der Waals surface area contributed by atoms with Crippen molar-refractivity contribution in [3.8, 4) is 0 Å². The third kappa shape index (κ3) is 2.55. The molecule has 3 atom stereocenters. The lowest BCUT2D eigenvalue weighted by Crippen LogP contribution is -2.40. The van der Waals surface area contributed by atoms with E-state index in [1.807, 2.05) is 0 Å². The zero-order valence-electron chi connectivity index (χ0n) is 6.77. The van der Waals surface area contributed by atoms with Crippen molar-refractivity contribution in [3.05, 3.63) is 0 Å². The molecular weight excluding hydrogens is 187 g/mol. The average Bonchev–Trinajstić information content (AvgIpc) is 1.82. The van der Waals surface area contributed by atoms with Gasteiger partial charge in [0.2, 0.25) is 0 Å². The lowest BCUT2D eigenvalue weighted by molar-refractivity contribution is -0.131. The van der Waals surface area contributed by atoms with Gasteiger partial charge >= 0.3 is 6.18 Å². The predicted octanol–water partition coefficient (Wildman–Crippen LogP) is 2.16. The minimum absolute atomic E-state index is 0.0281. The van der Waals surface area contributed by atoms with Crippen LogP contribution in [0, 0.1) is 0 Å². The van der Waals surface area contributed by atoms with Crippen LogP contribution < -0.4 is 5.73 Å². The Kier molecular flexibility index (Phi) is 2.93. The van der Waals surface area contributed by atoms with Gasteiger partial charge in [0.15, 0.2) is 0 Å². The van der Waals surface area contributed by atoms with Crippen LogP contribution >= 0.6 is 11.8 Å². The number of hydrogen-bond donors (Lipinski definition) is 1. The van der Waals surface area contributed by atoms with Crippen molar-refractivity contribution in [2.45, 2.75) is 42.5 Å². The Morgan fingerprint density at radius 2 is 1.92 bits per heavy atom. The number of hydrogen-bond acceptors (Lipinski definition) is 2. The van der Waals surface area contributed by atoms with E-state index in [4.69, 9.17) is 5.73 Å². The quantitative estimate of drug-likeness (QED) is 0.647. The summed E-state index contributed by atoms with van der Waals surface area (Å²) in [6.07, 6.45) is -3.33. The molecule has 0 bridgehead atoms. The lowest BCUT2D eigenvalue weighted by Gasteiger charge is -2.31. The summed E-state index contributed by atoms with van der Waals surface area (Å²) in [5, 5.41) is -1.23. The Morgan fingerprint density at radius 3 is 2.33 bits per heavy atom. The third-order valence-electron chi connectivity index (χ3n) is 1.91. The van der Waals surface area contributed by atoms with Gasteiger partial charge in [0.05, 0.1) is 0 Å². The molecule has 0 aromatic heterocycles. The highest BCUT2D eigenvalue weighted by Crippen LogP contribution is 2.40. The zero-order chi connectivity index (χ0) is 9.35. The Morgan fingerprint density at radius 1 is 1.33 bits per heavy atom. The third-order valence-corrected chi connectivity index (χ3v) is 3.36. The van der Waals surface area contributed by atoms with Gasteiger partial charge in [-0.3, -0.25) is 0 Å². The molecule has 0 aromatic carbocycles. The van der Waals surface area contributed by atoms with E-state index in [0.29, 0.717) is 6.42 Å². The number of halogens is 3. The molecule has 0 radical (unpaired) electrons. The highest BCUT2D eigenvalue weighted by Gasteiger charge is 2.43. The van der Waals surface area contributed by atoms with Gasteiger partial charge in [0.1, 0.15) is 5.25 Å². The SMILES string of the molecule is CC1CC(N)CC(C(F)(F)F)S1. The van der Waals surface area contributed by atoms with E-state index in [-0.39, 0.29) is 17.7 Å². The number of nitrogens with two attached hydrogens (primary N) is 1. The first-order valence-corrected chi connectivity index (χ1v) is 4.81. The van der Waals surface area contributed by atoms with E-state index in [2.05, 4.69) is 0 Å². The van der Waals surface area contributed by atoms with Crippen molar-refractivity contribution < 1.29 is 13.2 Å². The molecule has 1 fully saturated rings. The van der Waals surface area contributed by atoms with Gasteiger partial charge in [-0.05, 0) is 12.8 Å². The number of thioether (sulfide) groups is 1. The van der Waals surface area contributed by atoms with Crippen LogP contribution in [0.4, 0.5) is 13.2 Å². The highest BCUT2D eigenvalue weighted by molar-refractivity contribution is 8.00. The van der Waals surface area contributed by atoms with Crippen LogP contribution in [-0.2, 0) is 0 Å². The zero-order valence-corrected chi connectivity index (χ0v) is 7.58. The van der Waals surface area contributed by atoms with Crippen molar-refractivity contribution in [2.24, 2.45) is 5.73 Å². The highest BCUT2D eigenvalue weighted by atomic mass is 32.2. The molecule has 3 unspecified atom stereocenters. The monoisotopic (exact) mass is 199 g/mol. The molecule has 1 saturated heterocycles. The first-order chi connectivity index (χ1) is 5.39. The lowest BCUT2D eigenvalue weighted by atomic mass is 10.1. The molecule has 1 rings (SSSR count). The Labute approximate surface area is 73.9 Å². The second-order valence-electron chi connectivity index (χ2n) is 3.21. The minimum Gasteiger partial charge on any atom is -0.328 e. The maximum Gasteiger partial charge on any atom is 0.400 e. The molecular formula is C7H12F3NS. The summed E-state index contributed by atoms with van der Waals surface area (Å²) in [7, 11) is 0. The fourth-order valence-corrected chi connectivity index (χ4v) is 2.83. The van der Waals surface area contributed by atoms with E-state index in [9.17, 15) is 13.2 Å². The molecule has 72 valence electrons. The summed E-state index contributed by atoms with van der Waals surface area (Å²) in [6, 6.07) is -0.284. The summed E-state index contributed by atoms with van der Waals surface area (Å²) in [5.74, 6) is 0. The smallest absolute Gasteiger partial charge is 0.328 e. The first-order valence-electron chi connectivity index (χ1n) is 3.87. The number of alkyl halides is 3. The molecule has 1 heterocycles. The van der Waals surface area contributed by atoms with Crippen LogP contribution in [0.1, 0.15) is 19.8 Å². The summed E-state index contributed by atoms with van der Waals surface area (Å²) < 4.78 is 36.6. The minimum atomic E-state index is -4.09. The van der Waals surface area contributed by atoms with E-state index in [1.54, 1.807) is 6.92 Å². The normalized spacial score (nSPS) is 38.2. The molecule has 2 N–H and O–H groups in total. The van der Waals surface area contributed by atoms with Crippen molar-refractivity contribution in [2.75, 3.05) is 0 Å². The van der Waals surface area contributed by atoms with Crippen molar-refractivity contribution >= 4 is 11.8 Å². The van der Waals surface area contributed by atoms with E-state index in [0.717, 1.165) is 11.8 Å². The van der Waals surface area contributed by atoms with Crippen LogP contribution in [-0.4, -0.2) is 22.7 Å². The predicted molar refractivity (Wildman–Crippen MR) is 44.1 cm³/mol. The molecule has 1 nitrogen and oxygen atoms in total. The second kappa shape index (κ2) is 3.46. The molecule has 0 amide bonds. The molecule has 0 aliphatic carbocycles. The van der Waals surface area contributed by atoms with E-state index in [1.165, 1.54) is 0 Å². The molecule has 5 heteroatoms. The van der Waals surface area contributed by atoms with Crippen LogP contribution in [0.5, 0.6) is 0 Å². The van der Waals surface area contributed by atoms with Gasteiger partial charge in [0, 0.05) is 11.3 Å². The van der Waals surface area contributed by atoms with Crippen LogP contribution in [0.15, 0.2) is 0 Å². The van der Waals surface area contributed by atoms with Crippen molar-refractivity contribution in [1.82, 2.24) is 0 Å². The standard InChI is InChI=1S/C7H12F3NS/c1-4-2-5(11)3-6(12-4)7(8,9)10/h4-6H,2-3,11H2,1H3. The number of rotatable bonds is 0. The Balaban J connectivity index is 2.55. The Hall–Kier alpha value is 0.100. The molecule has 0 saturated carbocycles. The van der Waals surface area contributed by atoms with Gasteiger partial charge in [-0.15, -0.1) is 11.8 Å². The van der Waals surface area contributed by atoms with Gasteiger partial charge in [-0.1, -0.05) is 6.92 Å². The fraction of sp³-hybridized carbons (Fsp3) is 1.00. The summed E-state index contributed by atoms with van der Waals surface area (Å²) in [6.45, 7) is 1.79. The van der Waals surface area contributed by atoms with Crippen molar-refractivity contribution in [3.63, 3.8) is 0 Å². The van der Waals surface area contributed by atoms with Crippen LogP contribution in [0.25, 0.3) is 0 Å². The van der Waals surface area contributed by atoms with Crippen LogP contribution in [0.3, 0.4) is 0 Å². The largest absolute Gasteiger partial charge is 0.400 e. The topological polar surface area (TPSA) is 26.0 Å². The maximum absolute atomic E-state index is 12.2. The fourth-order valence-electron chi connectivity index (χ4n) is 1.40. The molecule has 12 heavy (non-hydrogen) atoms. The van der Waals surface area contributed by atoms with Gasteiger partial charge in [-0.2, -0.15) is 13.2 Å². The van der Waals surface area contributed by atoms with E-state index < -0.39 is 11.4 Å². The average molecular weight is 199 g/mol. The first kappa shape index (κ1) is 10.2. The van der Waals surface area contributed by atoms with Gasteiger partial charge < -0.3 is 5.73 Å². The van der Waals surface area contributed by atoms with Crippen LogP contribution in [0.2, 0.25) is 0 Å². The Bertz CT molecular complexity index is 149. The van der Waals surface area contributed by atoms with Gasteiger partial charge in [0.25, 0.3) is 0 Å². The van der Waals surface area contributed by atoms with Gasteiger partial charge in [-0.25, -0.2) is 0 Å².